The summed E-state index contributed by atoms with van der Waals surface area (Å²) in [6.07, 6.45) is 1.83. The maximum Gasteiger partial charge on any atom is 0.223 e. The zero-order chi connectivity index (χ0) is 12.3. The Kier molecular flexibility index (Phi) is 3.54. The number of hydrogen-bond donors (Lipinski definition) is 2. The Morgan fingerprint density at radius 2 is 2.06 bits per heavy atom. The Labute approximate surface area is 101 Å². The fourth-order valence-corrected chi connectivity index (χ4v) is 1.71. The molecule has 1 atom stereocenters. The van der Waals surface area contributed by atoms with Gasteiger partial charge >= 0.3 is 0 Å². The topological polar surface area (TPSA) is 63.8 Å². The van der Waals surface area contributed by atoms with E-state index in [2.05, 4.69) is 29.1 Å². The second-order valence-electron chi connectivity index (χ2n) is 4.48. The molecule has 0 radical (unpaired) electrons. The molecule has 1 aromatic carbocycles. The quantitative estimate of drug-likeness (QED) is 0.843. The molecular formula is C13H18N4. The summed E-state index contributed by atoms with van der Waals surface area (Å²) < 4.78 is 0. The van der Waals surface area contributed by atoms with E-state index in [9.17, 15) is 0 Å². The number of aromatic nitrogens is 2. The first-order valence-corrected chi connectivity index (χ1v) is 5.89. The van der Waals surface area contributed by atoms with Crippen LogP contribution in [0.15, 0.2) is 30.5 Å². The molecule has 17 heavy (non-hydrogen) atoms. The number of nitrogens with two attached hydrogens (primary N) is 1. The number of para-hydroxylation sites is 1. The lowest BCUT2D eigenvalue weighted by molar-refractivity contribution is 0.528. The van der Waals surface area contributed by atoms with E-state index in [0.29, 0.717) is 18.4 Å². The van der Waals surface area contributed by atoms with Gasteiger partial charge in [-0.25, -0.2) is 9.97 Å². The van der Waals surface area contributed by atoms with Crippen molar-refractivity contribution in [3.05, 3.63) is 30.5 Å². The third-order valence-corrected chi connectivity index (χ3v) is 2.86. The lowest BCUT2D eigenvalue weighted by Gasteiger charge is -2.20. The van der Waals surface area contributed by atoms with Gasteiger partial charge in [-0.15, -0.1) is 0 Å². The van der Waals surface area contributed by atoms with Gasteiger partial charge in [0.1, 0.15) is 0 Å². The van der Waals surface area contributed by atoms with Gasteiger partial charge < -0.3 is 11.1 Å². The fourth-order valence-electron chi connectivity index (χ4n) is 1.71. The normalized spacial score (nSPS) is 12.9. The van der Waals surface area contributed by atoms with E-state index in [-0.39, 0.29) is 6.04 Å². The third-order valence-electron chi connectivity index (χ3n) is 2.86. The van der Waals surface area contributed by atoms with Gasteiger partial charge in [-0.2, -0.15) is 0 Å². The molecule has 4 nitrogen and oxygen atoms in total. The highest BCUT2D eigenvalue weighted by Gasteiger charge is 2.12. The molecule has 0 fully saturated rings. The molecule has 0 saturated carbocycles. The van der Waals surface area contributed by atoms with E-state index in [0.717, 1.165) is 10.9 Å². The van der Waals surface area contributed by atoms with E-state index < -0.39 is 0 Å². The van der Waals surface area contributed by atoms with Crippen molar-refractivity contribution in [1.82, 2.24) is 9.97 Å². The highest BCUT2D eigenvalue weighted by Crippen LogP contribution is 2.13. The first-order chi connectivity index (χ1) is 8.20. The van der Waals surface area contributed by atoms with Crippen molar-refractivity contribution in [3.8, 4) is 0 Å². The van der Waals surface area contributed by atoms with Crippen LogP contribution in [0.4, 0.5) is 5.95 Å². The van der Waals surface area contributed by atoms with E-state index in [1.54, 1.807) is 0 Å². The van der Waals surface area contributed by atoms with Crippen molar-refractivity contribution in [1.29, 1.82) is 0 Å². The van der Waals surface area contributed by atoms with E-state index in [1.165, 1.54) is 0 Å². The second-order valence-corrected chi connectivity index (χ2v) is 4.48. The zero-order valence-electron chi connectivity index (χ0n) is 10.2. The molecule has 0 saturated heterocycles. The van der Waals surface area contributed by atoms with E-state index in [1.807, 2.05) is 30.5 Å². The van der Waals surface area contributed by atoms with Gasteiger partial charge in [0.15, 0.2) is 0 Å². The summed E-state index contributed by atoms with van der Waals surface area (Å²) in [5.74, 6) is 1.10. The van der Waals surface area contributed by atoms with Crippen LogP contribution in [0.5, 0.6) is 0 Å². The summed E-state index contributed by atoms with van der Waals surface area (Å²) in [7, 11) is 0. The number of nitrogens with zero attached hydrogens (tertiary/aromatic N) is 2. The van der Waals surface area contributed by atoms with Crippen LogP contribution >= 0.6 is 0 Å². The minimum Gasteiger partial charge on any atom is -0.350 e. The number of fused-ring (bicyclic) bond motifs is 1. The first-order valence-electron chi connectivity index (χ1n) is 5.89. The largest absolute Gasteiger partial charge is 0.350 e. The Balaban J connectivity index is 2.24. The average molecular weight is 230 g/mol. The number of rotatable bonds is 4. The molecule has 2 rings (SSSR count). The Morgan fingerprint density at radius 1 is 1.29 bits per heavy atom. The monoisotopic (exact) mass is 230 g/mol. The third kappa shape index (κ3) is 2.71. The first kappa shape index (κ1) is 11.8. The van der Waals surface area contributed by atoms with Crippen LogP contribution in [0.1, 0.15) is 13.8 Å². The van der Waals surface area contributed by atoms with Gasteiger partial charge in [-0.3, -0.25) is 0 Å². The van der Waals surface area contributed by atoms with Crippen LogP contribution in [0, 0.1) is 5.92 Å². The zero-order valence-corrected chi connectivity index (χ0v) is 10.2. The number of hydrogen-bond acceptors (Lipinski definition) is 4. The van der Waals surface area contributed by atoms with Crippen LogP contribution in [-0.2, 0) is 0 Å². The van der Waals surface area contributed by atoms with Crippen LogP contribution < -0.4 is 11.1 Å². The molecular weight excluding hydrogens is 212 g/mol. The molecule has 0 spiro atoms. The molecule has 1 aromatic heterocycles. The molecule has 1 unspecified atom stereocenters. The number of benzene rings is 1. The van der Waals surface area contributed by atoms with Gasteiger partial charge in [-0.1, -0.05) is 32.0 Å². The predicted molar refractivity (Wildman–Crippen MR) is 70.8 cm³/mol. The van der Waals surface area contributed by atoms with Crippen molar-refractivity contribution >= 4 is 16.9 Å². The molecule has 0 amide bonds. The van der Waals surface area contributed by atoms with Crippen LogP contribution in [0.3, 0.4) is 0 Å². The number of anilines is 1. The summed E-state index contributed by atoms with van der Waals surface area (Å²) >= 11 is 0. The Bertz CT molecular complexity index is 495. The number of nitrogens with one attached hydrogen (secondary N) is 1. The molecule has 0 aliphatic heterocycles. The van der Waals surface area contributed by atoms with Crippen LogP contribution in [-0.4, -0.2) is 22.6 Å². The van der Waals surface area contributed by atoms with Gasteiger partial charge in [0.2, 0.25) is 5.95 Å². The van der Waals surface area contributed by atoms with Crippen LogP contribution in [0.2, 0.25) is 0 Å². The average Bonchev–Trinajstić information content (AvgIpc) is 2.35. The van der Waals surface area contributed by atoms with Gasteiger partial charge in [0.05, 0.1) is 5.52 Å². The molecule has 0 aliphatic carbocycles. The van der Waals surface area contributed by atoms with Crippen molar-refractivity contribution in [2.45, 2.75) is 19.9 Å². The second kappa shape index (κ2) is 5.10. The molecule has 2 aromatic rings. The molecule has 0 bridgehead atoms. The fraction of sp³-hybridized carbons (Fsp3) is 0.385. The summed E-state index contributed by atoms with van der Waals surface area (Å²) in [5, 5.41) is 4.32. The van der Waals surface area contributed by atoms with Gasteiger partial charge in [0.25, 0.3) is 0 Å². The van der Waals surface area contributed by atoms with Crippen molar-refractivity contribution < 1.29 is 0 Å². The van der Waals surface area contributed by atoms with E-state index in [4.69, 9.17) is 5.73 Å². The van der Waals surface area contributed by atoms with Crippen molar-refractivity contribution in [2.24, 2.45) is 11.7 Å². The standard InChI is InChI=1S/C13H18N4/c1-9(2)12(7-14)17-13-15-8-10-5-3-4-6-11(10)16-13/h3-6,8-9,12H,7,14H2,1-2H3,(H,15,16,17). The molecule has 3 N–H and O–H groups in total. The molecule has 90 valence electrons. The summed E-state index contributed by atoms with van der Waals surface area (Å²) in [6.45, 7) is 4.84. The minimum atomic E-state index is 0.205. The SMILES string of the molecule is CC(C)C(CN)Nc1ncc2ccccc2n1. The van der Waals surface area contributed by atoms with Crippen molar-refractivity contribution in [2.75, 3.05) is 11.9 Å². The summed E-state index contributed by atoms with van der Waals surface area (Å²) in [6, 6.07) is 8.14. The minimum absolute atomic E-state index is 0.205. The van der Waals surface area contributed by atoms with Crippen LogP contribution in [0.25, 0.3) is 10.9 Å². The molecule has 1 heterocycles. The summed E-state index contributed by atoms with van der Waals surface area (Å²) in [4.78, 5) is 8.77. The maximum absolute atomic E-state index is 5.72. The maximum atomic E-state index is 5.72. The Hall–Kier alpha value is -1.68. The highest BCUT2D eigenvalue weighted by molar-refractivity contribution is 5.78. The molecule has 4 heteroatoms. The smallest absolute Gasteiger partial charge is 0.223 e. The Morgan fingerprint density at radius 3 is 2.76 bits per heavy atom. The highest BCUT2D eigenvalue weighted by atomic mass is 15.1. The van der Waals surface area contributed by atoms with Gasteiger partial charge in [0, 0.05) is 24.2 Å². The van der Waals surface area contributed by atoms with Gasteiger partial charge in [-0.05, 0) is 12.0 Å². The lowest BCUT2D eigenvalue weighted by Crippen LogP contribution is -2.34. The molecule has 0 aliphatic rings. The summed E-state index contributed by atoms with van der Waals surface area (Å²) in [5.41, 5.74) is 6.66. The van der Waals surface area contributed by atoms with E-state index >= 15 is 0 Å². The predicted octanol–water partition coefficient (Wildman–Crippen LogP) is 2.02. The lowest BCUT2D eigenvalue weighted by atomic mass is 10.1. The van der Waals surface area contributed by atoms with Crippen molar-refractivity contribution in [3.63, 3.8) is 0 Å².